The summed E-state index contributed by atoms with van der Waals surface area (Å²) in [5, 5.41) is 7.48. The first-order chi connectivity index (χ1) is 26.0. The Balaban J connectivity index is 0.00000532. The second kappa shape index (κ2) is 15.8. The molecule has 7 rings (SSSR count). The fraction of sp³-hybridized carbons (Fsp3) is 0.360. The summed E-state index contributed by atoms with van der Waals surface area (Å²) in [6, 6.07) is 33.3. The van der Waals surface area contributed by atoms with Crippen LogP contribution >= 0.6 is 0 Å². The zero-order chi connectivity index (χ0) is 39.5. The molecule has 0 N–H and O–H groups in total. The summed E-state index contributed by atoms with van der Waals surface area (Å²) in [6.45, 7) is 29.3. The number of hydrogen-bond donors (Lipinski definition) is 0. The Morgan fingerprint density at radius 3 is 1.95 bits per heavy atom. The molecule has 56 heavy (non-hydrogen) atoms. The maximum absolute atomic E-state index is 6.75. The van der Waals surface area contributed by atoms with E-state index in [1.54, 1.807) is 0 Å². The summed E-state index contributed by atoms with van der Waals surface area (Å²) < 4.78 is 11.0. The Morgan fingerprint density at radius 1 is 0.661 bits per heavy atom. The van der Waals surface area contributed by atoms with Crippen LogP contribution in [0.25, 0.3) is 44.4 Å². The minimum absolute atomic E-state index is 0. The Kier molecular flexibility index (Phi) is 11.6. The van der Waals surface area contributed by atoms with Crippen molar-refractivity contribution in [2.45, 2.75) is 119 Å². The maximum atomic E-state index is 6.75. The van der Waals surface area contributed by atoms with Gasteiger partial charge in [-0.15, -0.1) is 41.3 Å². The smallest absolute Gasteiger partial charge is 0.509 e. The van der Waals surface area contributed by atoms with Gasteiger partial charge >= 0.3 is 20.4 Å². The number of nitrogens with zero attached hydrogens (tertiary/aromatic N) is 4. The molecule has 0 spiro atoms. The molecule has 3 aromatic heterocycles. The molecule has 0 aliphatic rings. The minimum Gasteiger partial charge on any atom is -0.509 e. The number of para-hydroxylation sites is 1. The number of benzene rings is 4. The summed E-state index contributed by atoms with van der Waals surface area (Å²) in [4.78, 5) is 4.83. The molecule has 0 bridgehead atoms. The zero-order valence-electron chi connectivity index (χ0n) is 35.3. The van der Waals surface area contributed by atoms with E-state index in [4.69, 9.17) is 14.8 Å². The molecule has 6 heteroatoms. The van der Waals surface area contributed by atoms with Gasteiger partial charge < -0.3 is 9.30 Å². The summed E-state index contributed by atoms with van der Waals surface area (Å²) in [5.74, 6) is 3.69. The van der Waals surface area contributed by atoms with Crippen LogP contribution in [0, 0.1) is 26.0 Å². The van der Waals surface area contributed by atoms with Crippen molar-refractivity contribution < 1.29 is 25.2 Å². The van der Waals surface area contributed by atoms with Crippen LogP contribution in [-0.4, -0.2) is 19.3 Å². The van der Waals surface area contributed by atoms with Crippen LogP contribution in [0.5, 0.6) is 11.5 Å². The topological polar surface area (TPSA) is 44.9 Å². The molecular weight excluding hydrogens is 779 g/mol. The number of pyridine rings is 1. The molecule has 0 aliphatic carbocycles. The van der Waals surface area contributed by atoms with Gasteiger partial charge in [0, 0.05) is 34.5 Å². The van der Waals surface area contributed by atoms with Crippen LogP contribution in [0.15, 0.2) is 79.0 Å². The first-order valence-electron chi connectivity index (χ1n) is 20.0. The predicted molar refractivity (Wildman–Crippen MR) is 230 cm³/mol. The largest absolute Gasteiger partial charge is 2.00 e. The molecular formula is C50H56N4OPd. The Hall–Kier alpha value is -4.50. The Bertz CT molecular complexity index is 2510. The quantitative estimate of drug-likeness (QED) is 0.107. The standard InChI is InChI=1S/C50H56N4O.Pd/c1-29(2)35-20-21-51-47(24-35)53-45-17-15-14-16-41(45)42-19-18-39(28-46(42)53)55-40-26-37(50(11,12)13)25-38(27-40)54-34(10)48(33(9)52-54)49-43(31(5)6)22-36(30(3)4)23-44(49)32(7)8;/h14-26,29-32H,1-13H3;/q-2;+2. The Labute approximate surface area is 348 Å². The number of fused-ring (bicyclic) bond motifs is 3. The van der Waals surface area contributed by atoms with E-state index in [2.05, 4.69) is 178 Å². The van der Waals surface area contributed by atoms with E-state index < -0.39 is 0 Å². The van der Waals surface area contributed by atoms with Crippen molar-refractivity contribution in [2.24, 2.45) is 0 Å². The van der Waals surface area contributed by atoms with Gasteiger partial charge in [0.05, 0.1) is 5.69 Å². The van der Waals surface area contributed by atoms with Crippen LogP contribution in [0.1, 0.15) is 139 Å². The van der Waals surface area contributed by atoms with Crippen molar-refractivity contribution >= 4 is 21.8 Å². The van der Waals surface area contributed by atoms with Crippen LogP contribution in [-0.2, 0) is 25.8 Å². The maximum Gasteiger partial charge on any atom is 2.00 e. The van der Waals surface area contributed by atoms with E-state index in [1.807, 2.05) is 12.3 Å². The summed E-state index contributed by atoms with van der Waals surface area (Å²) in [5.41, 5.74) is 13.9. The van der Waals surface area contributed by atoms with Gasteiger partial charge in [0.25, 0.3) is 0 Å². The SMILES string of the molecule is Cc1nn(-c2[c-]c(Oc3[c-]c4c(cc3)c3ccccc3n4-c3cc(C(C)C)ccn3)cc(C(C)(C)C)c2)c(C)c1-c1c(C(C)C)cc(C(C)C)cc1C(C)C.[Pd+2]. The summed E-state index contributed by atoms with van der Waals surface area (Å²) in [7, 11) is 0. The van der Waals surface area contributed by atoms with E-state index in [9.17, 15) is 0 Å². The summed E-state index contributed by atoms with van der Waals surface area (Å²) >= 11 is 0. The Morgan fingerprint density at radius 2 is 1.32 bits per heavy atom. The molecule has 4 aromatic carbocycles. The molecule has 0 saturated heterocycles. The molecule has 0 atom stereocenters. The number of ether oxygens (including phenoxy) is 1. The molecule has 5 nitrogen and oxygen atoms in total. The van der Waals surface area contributed by atoms with Crippen LogP contribution in [0.4, 0.5) is 0 Å². The van der Waals surface area contributed by atoms with Gasteiger partial charge in [0.1, 0.15) is 5.82 Å². The van der Waals surface area contributed by atoms with Crippen molar-refractivity contribution in [2.75, 3.05) is 0 Å². The van der Waals surface area contributed by atoms with Gasteiger partial charge in [0.15, 0.2) is 0 Å². The third kappa shape index (κ3) is 7.63. The van der Waals surface area contributed by atoms with Gasteiger partial charge in [-0.3, -0.25) is 4.68 Å². The van der Waals surface area contributed by atoms with Crippen molar-refractivity contribution in [1.82, 2.24) is 19.3 Å². The van der Waals surface area contributed by atoms with Crippen molar-refractivity contribution in [3.05, 3.63) is 130 Å². The van der Waals surface area contributed by atoms with Gasteiger partial charge in [0.2, 0.25) is 0 Å². The molecule has 0 radical (unpaired) electrons. The number of hydrogen-bond acceptors (Lipinski definition) is 3. The van der Waals surface area contributed by atoms with E-state index >= 15 is 0 Å². The third-order valence-corrected chi connectivity index (χ3v) is 11.0. The number of aryl methyl sites for hydroxylation is 1. The van der Waals surface area contributed by atoms with Crippen molar-refractivity contribution in [3.8, 4) is 34.1 Å². The molecule has 7 aromatic rings. The molecule has 0 unspecified atom stereocenters. The first-order valence-corrected chi connectivity index (χ1v) is 20.0. The average Bonchev–Trinajstić information content (AvgIpc) is 3.62. The fourth-order valence-corrected chi connectivity index (χ4v) is 7.82. The van der Waals surface area contributed by atoms with Crippen molar-refractivity contribution in [3.63, 3.8) is 0 Å². The number of aromatic nitrogens is 4. The molecule has 0 amide bonds. The normalized spacial score (nSPS) is 12.2. The van der Waals surface area contributed by atoms with Gasteiger partial charge in [-0.05, 0) is 100 Å². The van der Waals surface area contributed by atoms with Gasteiger partial charge in [-0.2, -0.15) is 11.2 Å². The molecule has 0 saturated carbocycles. The second-order valence-corrected chi connectivity index (χ2v) is 17.5. The van der Waals surface area contributed by atoms with E-state index in [-0.39, 0.29) is 25.8 Å². The zero-order valence-corrected chi connectivity index (χ0v) is 36.9. The van der Waals surface area contributed by atoms with E-state index in [0.717, 1.165) is 50.3 Å². The molecule has 0 aliphatic heterocycles. The van der Waals surface area contributed by atoms with E-state index in [1.165, 1.54) is 33.4 Å². The van der Waals surface area contributed by atoms with Crippen molar-refractivity contribution in [1.29, 1.82) is 0 Å². The molecule has 0 fully saturated rings. The minimum atomic E-state index is -0.142. The third-order valence-electron chi connectivity index (χ3n) is 11.0. The number of rotatable bonds is 9. The van der Waals surface area contributed by atoms with Crippen LogP contribution in [0.3, 0.4) is 0 Å². The van der Waals surface area contributed by atoms with Crippen LogP contribution in [0.2, 0.25) is 0 Å². The molecule has 292 valence electrons. The predicted octanol–water partition coefficient (Wildman–Crippen LogP) is 13.8. The average molecular weight is 835 g/mol. The van der Waals surface area contributed by atoms with E-state index in [0.29, 0.717) is 35.2 Å². The second-order valence-electron chi connectivity index (χ2n) is 17.5. The molecule has 3 heterocycles. The first kappa shape index (κ1) is 41.1. The van der Waals surface area contributed by atoms with Crippen LogP contribution < -0.4 is 4.74 Å². The summed E-state index contributed by atoms with van der Waals surface area (Å²) in [6.07, 6.45) is 1.90. The monoisotopic (exact) mass is 834 g/mol. The van der Waals surface area contributed by atoms with Gasteiger partial charge in [-0.1, -0.05) is 112 Å². The van der Waals surface area contributed by atoms with Gasteiger partial charge in [-0.25, -0.2) is 4.98 Å². The fourth-order valence-electron chi connectivity index (χ4n) is 7.82.